The molecule has 0 saturated carbocycles. The molecule has 3 aromatic rings. The summed E-state index contributed by atoms with van der Waals surface area (Å²) in [5.74, 6) is -0.0320. The third-order valence-corrected chi connectivity index (χ3v) is 6.63. The molecule has 1 amide bonds. The Labute approximate surface area is 179 Å². The smallest absolute Gasteiger partial charge is 0.252 e. The number of pyridine rings is 1. The number of aromatic amines is 1. The molecule has 4 rings (SSSR count). The van der Waals surface area contributed by atoms with E-state index < -0.39 is 5.41 Å². The number of nitrogens with one attached hydrogen (secondary N) is 2. The van der Waals surface area contributed by atoms with Gasteiger partial charge >= 0.3 is 0 Å². The zero-order valence-corrected chi connectivity index (χ0v) is 18.1. The van der Waals surface area contributed by atoms with Crippen LogP contribution >= 0.6 is 11.6 Å². The summed E-state index contributed by atoms with van der Waals surface area (Å²) in [5.41, 5.74) is 1.69. The average molecular weight is 425 g/mol. The van der Waals surface area contributed by atoms with Crippen molar-refractivity contribution in [3.05, 3.63) is 63.6 Å². The lowest BCUT2D eigenvalue weighted by Crippen LogP contribution is -2.54. The number of halogens is 1. The van der Waals surface area contributed by atoms with Crippen molar-refractivity contribution in [1.29, 1.82) is 0 Å². The van der Waals surface area contributed by atoms with Gasteiger partial charge in [-0.1, -0.05) is 29.8 Å². The average Bonchev–Trinajstić information content (AvgIpc) is 3.10. The van der Waals surface area contributed by atoms with Gasteiger partial charge in [0.2, 0.25) is 5.91 Å². The van der Waals surface area contributed by atoms with Gasteiger partial charge in [0.05, 0.1) is 22.2 Å². The number of piperidine rings is 1. The zero-order chi connectivity index (χ0) is 21.5. The molecule has 7 heteroatoms. The number of rotatable bonds is 4. The first-order valence-electron chi connectivity index (χ1n) is 10.1. The summed E-state index contributed by atoms with van der Waals surface area (Å²) >= 11 is 6.42. The Morgan fingerprint density at radius 3 is 2.87 bits per heavy atom. The number of hydrogen-bond acceptors (Lipinski definition) is 3. The first kappa shape index (κ1) is 20.4. The quantitative estimate of drug-likeness (QED) is 0.622. The van der Waals surface area contributed by atoms with Gasteiger partial charge in [0, 0.05) is 35.8 Å². The third-order valence-electron chi connectivity index (χ3n) is 6.32. The molecule has 1 aromatic carbocycles. The second-order valence-electron chi connectivity index (χ2n) is 8.02. The summed E-state index contributed by atoms with van der Waals surface area (Å²) in [6.07, 6.45) is 7.36. The van der Waals surface area contributed by atoms with Crippen LogP contribution in [0.1, 0.15) is 32.3 Å². The molecule has 0 bridgehead atoms. The van der Waals surface area contributed by atoms with Crippen molar-refractivity contribution in [2.45, 2.75) is 32.1 Å². The van der Waals surface area contributed by atoms with E-state index in [2.05, 4.69) is 21.5 Å². The van der Waals surface area contributed by atoms with Crippen LogP contribution in [0.2, 0.25) is 5.02 Å². The molecule has 1 aliphatic rings. The van der Waals surface area contributed by atoms with Gasteiger partial charge in [-0.05, 0) is 50.8 Å². The van der Waals surface area contributed by atoms with Crippen molar-refractivity contribution in [2.24, 2.45) is 13.0 Å². The van der Waals surface area contributed by atoms with E-state index in [1.54, 1.807) is 16.9 Å². The van der Waals surface area contributed by atoms with E-state index in [1.807, 2.05) is 45.2 Å². The Bertz CT molecular complexity index is 1210. The number of carbonyl (C=O) groups excluding carboxylic acids is 1. The Morgan fingerprint density at radius 1 is 1.33 bits per heavy atom. The van der Waals surface area contributed by atoms with E-state index in [4.69, 9.17) is 11.6 Å². The fraction of sp³-hybridized carbons (Fsp3) is 0.348. The fourth-order valence-corrected chi connectivity index (χ4v) is 4.69. The van der Waals surface area contributed by atoms with E-state index in [0.29, 0.717) is 22.8 Å². The van der Waals surface area contributed by atoms with Crippen LogP contribution in [-0.4, -0.2) is 27.2 Å². The molecule has 1 aliphatic heterocycles. The Morgan fingerprint density at radius 2 is 2.13 bits per heavy atom. The SMILES string of the molecule is C/C=C/CC1CCNC(=O)C1(C)c1ccc(-c2cc(Cl)c3cnn(C)c3c2)[nH]c1=O. The maximum absolute atomic E-state index is 13.1. The highest BCUT2D eigenvalue weighted by Crippen LogP contribution is 2.38. The van der Waals surface area contributed by atoms with E-state index in [1.165, 1.54) is 0 Å². The van der Waals surface area contributed by atoms with E-state index in [-0.39, 0.29) is 17.4 Å². The summed E-state index contributed by atoms with van der Waals surface area (Å²) < 4.78 is 1.75. The molecule has 0 radical (unpaired) electrons. The van der Waals surface area contributed by atoms with Crippen LogP contribution in [0.15, 0.2) is 47.4 Å². The predicted octanol–water partition coefficient (Wildman–Crippen LogP) is 3.94. The number of benzene rings is 1. The molecule has 0 spiro atoms. The standard InChI is InChI=1S/C23H25ClN4O2/c1-4-5-6-15-9-10-25-22(30)23(15,2)17-7-8-19(27-21(17)29)14-11-18(24)16-13-26-28(3)20(16)12-14/h4-5,7-8,11-13,15H,6,9-10H2,1-3H3,(H,25,30)(H,27,29)/b5-4+. The first-order valence-corrected chi connectivity index (χ1v) is 10.5. The number of amides is 1. The first-order chi connectivity index (χ1) is 14.4. The van der Waals surface area contributed by atoms with Crippen molar-refractivity contribution in [1.82, 2.24) is 20.1 Å². The van der Waals surface area contributed by atoms with E-state index in [9.17, 15) is 9.59 Å². The molecule has 0 aliphatic carbocycles. The molecular weight excluding hydrogens is 400 g/mol. The normalized spacial score (nSPS) is 22.0. The van der Waals surface area contributed by atoms with Crippen molar-refractivity contribution in [3.8, 4) is 11.3 Å². The number of aryl methyl sites for hydroxylation is 1. The van der Waals surface area contributed by atoms with Gasteiger partial charge in [-0.25, -0.2) is 0 Å². The van der Waals surface area contributed by atoms with Gasteiger partial charge in [-0.3, -0.25) is 14.3 Å². The number of aromatic nitrogens is 3. The molecular formula is C23H25ClN4O2. The molecule has 1 fully saturated rings. The minimum atomic E-state index is -0.881. The fourth-order valence-electron chi connectivity index (χ4n) is 4.43. The van der Waals surface area contributed by atoms with Gasteiger partial charge in [0.25, 0.3) is 5.56 Å². The summed E-state index contributed by atoms with van der Waals surface area (Å²) in [6.45, 7) is 4.47. The number of fused-ring (bicyclic) bond motifs is 1. The van der Waals surface area contributed by atoms with E-state index >= 15 is 0 Å². The van der Waals surface area contributed by atoms with Crippen LogP contribution in [-0.2, 0) is 17.3 Å². The number of H-pyrrole nitrogens is 1. The minimum Gasteiger partial charge on any atom is -0.355 e. The van der Waals surface area contributed by atoms with Crippen molar-refractivity contribution >= 4 is 28.4 Å². The molecule has 3 heterocycles. The largest absolute Gasteiger partial charge is 0.355 e. The van der Waals surface area contributed by atoms with Crippen molar-refractivity contribution in [3.63, 3.8) is 0 Å². The molecule has 2 N–H and O–H groups in total. The van der Waals surface area contributed by atoms with Crippen LogP contribution < -0.4 is 10.9 Å². The Kier molecular flexibility index (Phi) is 5.28. The van der Waals surface area contributed by atoms with Gasteiger partial charge in [-0.15, -0.1) is 0 Å². The van der Waals surface area contributed by atoms with Crippen LogP contribution in [0.25, 0.3) is 22.2 Å². The van der Waals surface area contributed by atoms with E-state index in [0.717, 1.165) is 29.3 Å². The summed E-state index contributed by atoms with van der Waals surface area (Å²) in [7, 11) is 1.85. The predicted molar refractivity (Wildman–Crippen MR) is 120 cm³/mol. The lowest BCUT2D eigenvalue weighted by atomic mass is 9.67. The van der Waals surface area contributed by atoms with Gasteiger partial charge in [0.15, 0.2) is 0 Å². The second-order valence-corrected chi connectivity index (χ2v) is 8.43. The maximum Gasteiger partial charge on any atom is 0.252 e. The second kappa shape index (κ2) is 7.76. The van der Waals surface area contributed by atoms with Gasteiger partial charge in [-0.2, -0.15) is 5.10 Å². The summed E-state index contributed by atoms with van der Waals surface area (Å²) in [4.78, 5) is 29.0. The highest BCUT2D eigenvalue weighted by atomic mass is 35.5. The lowest BCUT2D eigenvalue weighted by molar-refractivity contribution is -0.130. The van der Waals surface area contributed by atoms with Crippen LogP contribution in [0, 0.1) is 5.92 Å². The summed E-state index contributed by atoms with van der Waals surface area (Å²) in [5, 5.41) is 8.62. The van der Waals surface area contributed by atoms with Crippen LogP contribution in [0.3, 0.4) is 0 Å². The van der Waals surface area contributed by atoms with Gasteiger partial charge in [0.1, 0.15) is 0 Å². The van der Waals surface area contributed by atoms with Crippen LogP contribution in [0.4, 0.5) is 0 Å². The highest BCUT2D eigenvalue weighted by molar-refractivity contribution is 6.35. The Hall–Kier alpha value is -2.86. The zero-order valence-electron chi connectivity index (χ0n) is 17.3. The number of hydrogen-bond donors (Lipinski definition) is 2. The molecule has 1 saturated heterocycles. The molecule has 2 aromatic heterocycles. The lowest BCUT2D eigenvalue weighted by Gasteiger charge is -2.39. The number of allylic oxidation sites excluding steroid dienone is 2. The van der Waals surface area contributed by atoms with Gasteiger partial charge < -0.3 is 10.3 Å². The monoisotopic (exact) mass is 424 g/mol. The topological polar surface area (TPSA) is 79.8 Å². The molecule has 6 nitrogen and oxygen atoms in total. The highest BCUT2D eigenvalue weighted by Gasteiger charge is 2.46. The number of nitrogens with zero attached hydrogens (tertiary/aromatic N) is 2. The van der Waals surface area contributed by atoms with Crippen molar-refractivity contribution in [2.75, 3.05) is 6.54 Å². The van der Waals surface area contributed by atoms with Crippen LogP contribution in [0.5, 0.6) is 0 Å². The Balaban J connectivity index is 1.79. The number of carbonyl (C=O) groups is 1. The molecule has 2 unspecified atom stereocenters. The summed E-state index contributed by atoms with van der Waals surface area (Å²) in [6, 6.07) is 7.40. The molecule has 30 heavy (non-hydrogen) atoms. The van der Waals surface area contributed by atoms with Crippen molar-refractivity contribution < 1.29 is 4.79 Å². The minimum absolute atomic E-state index is 0.0645. The third kappa shape index (κ3) is 3.25. The molecule has 156 valence electrons. The molecule has 2 atom stereocenters. The maximum atomic E-state index is 13.1.